The van der Waals surface area contributed by atoms with Gasteiger partial charge in [0.15, 0.2) is 0 Å². The standard InChI is InChI=1S/C17H17BrN4OS/c1-12-2-4-13(5-3-12)10-23-16-7-6-15(18)8-14(16)9-20-22-11-19-21-17(22)24/h2-8,11,20H,9-10H2,1H3,(H,21,24). The Hall–Kier alpha value is -2.12. The first-order valence-electron chi connectivity index (χ1n) is 7.44. The summed E-state index contributed by atoms with van der Waals surface area (Å²) < 4.78 is 9.18. The van der Waals surface area contributed by atoms with E-state index in [4.69, 9.17) is 17.0 Å². The van der Waals surface area contributed by atoms with Crippen LogP contribution in [0.15, 0.2) is 53.3 Å². The Bertz CT molecular complexity index is 873. The summed E-state index contributed by atoms with van der Waals surface area (Å²) in [5.74, 6) is 0.835. The SMILES string of the molecule is Cc1ccc(COc2ccc(Br)cc2CNn2cn[nH]c2=S)cc1. The Morgan fingerprint density at radius 2 is 2.04 bits per heavy atom. The predicted molar refractivity (Wildman–Crippen MR) is 100 cm³/mol. The molecule has 0 aliphatic heterocycles. The normalized spacial score (nSPS) is 10.6. The fraction of sp³-hybridized carbons (Fsp3) is 0.176. The number of aryl methyl sites for hydroxylation is 1. The number of nitrogens with one attached hydrogen (secondary N) is 2. The smallest absolute Gasteiger partial charge is 0.214 e. The van der Waals surface area contributed by atoms with Crippen LogP contribution in [0.5, 0.6) is 5.75 Å². The fourth-order valence-corrected chi connectivity index (χ4v) is 2.78. The third-order valence-electron chi connectivity index (χ3n) is 3.53. The molecular weight excluding hydrogens is 388 g/mol. The summed E-state index contributed by atoms with van der Waals surface area (Å²) >= 11 is 8.63. The molecule has 0 fully saturated rings. The van der Waals surface area contributed by atoms with E-state index in [9.17, 15) is 0 Å². The van der Waals surface area contributed by atoms with Gasteiger partial charge in [0.05, 0.1) is 6.54 Å². The van der Waals surface area contributed by atoms with Crippen molar-refractivity contribution >= 4 is 28.1 Å². The minimum atomic E-state index is 0.520. The van der Waals surface area contributed by atoms with Gasteiger partial charge in [0.1, 0.15) is 18.7 Å². The summed E-state index contributed by atoms with van der Waals surface area (Å²) in [5, 5.41) is 6.59. The Morgan fingerprint density at radius 3 is 2.75 bits per heavy atom. The van der Waals surface area contributed by atoms with Crippen molar-refractivity contribution < 1.29 is 4.74 Å². The number of hydrogen-bond donors (Lipinski definition) is 2. The molecule has 0 saturated carbocycles. The quantitative estimate of drug-likeness (QED) is 0.600. The predicted octanol–water partition coefficient (Wildman–Crippen LogP) is 4.33. The van der Waals surface area contributed by atoms with E-state index < -0.39 is 0 Å². The van der Waals surface area contributed by atoms with Crippen molar-refractivity contribution in [1.29, 1.82) is 0 Å². The van der Waals surface area contributed by atoms with Crippen LogP contribution in [0.25, 0.3) is 0 Å². The third-order valence-corrected chi connectivity index (χ3v) is 4.31. The van der Waals surface area contributed by atoms with Gasteiger partial charge in [-0.15, -0.1) is 0 Å². The van der Waals surface area contributed by atoms with E-state index in [1.165, 1.54) is 5.56 Å². The lowest BCUT2D eigenvalue weighted by Crippen LogP contribution is -2.14. The van der Waals surface area contributed by atoms with Gasteiger partial charge in [-0.25, -0.2) is 4.68 Å². The lowest BCUT2D eigenvalue weighted by molar-refractivity contribution is 0.303. The molecule has 124 valence electrons. The van der Waals surface area contributed by atoms with Crippen LogP contribution < -0.4 is 10.2 Å². The number of aromatic amines is 1. The van der Waals surface area contributed by atoms with E-state index in [0.29, 0.717) is 17.9 Å². The minimum absolute atomic E-state index is 0.520. The van der Waals surface area contributed by atoms with Gasteiger partial charge in [-0.2, -0.15) is 5.10 Å². The molecule has 0 atom stereocenters. The van der Waals surface area contributed by atoms with Crippen molar-refractivity contribution in [3.05, 3.63) is 74.7 Å². The van der Waals surface area contributed by atoms with Gasteiger partial charge in [0.25, 0.3) is 0 Å². The molecule has 3 aromatic rings. The molecule has 1 heterocycles. The van der Waals surface area contributed by atoms with Crippen LogP contribution in [0.1, 0.15) is 16.7 Å². The second-order valence-corrected chi connectivity index (χ2v) is 6.70. The van der Waals surface area contributed by atoms with E-state index in [1.807, 2.05) is 18.2 Å². The zero-order chi connectivity index (χ0) is 16.9. The first-order chi connectivity index (χ1) is 11.6. The Labute approximate surface area is 153 Å². The molecule has 1 aromatic heterocycles. The van der Waals surface area contributed by atoms with Crippen LogP contribution in [0.2, 0.25) is 0 Å². The summed E-state index contributed by atoms with van der Waals surface area (Å²) in [6.45, 7) is 3.17. The summed E-state index contributed by atoms with van der Waals surface area (Å²) in [5.41, 5.74) is 6.61. The highest BCUT2D eigenvalue weighted by molar-refractivity contribution is 9.10. The molecule has 3 rings (SSSR count). The zero-order valence-corrected chi connectivity index (χ0v) is 15.5. The molecule has 5 nitrogen and oxygen atoms in total. The molecule has 0 unspecified atom stereocenters. The number of halogens is 1. The highest BCUT2D eigenvalue weighted by Gasteiger charge is 2.06. The lowest BCUT2D eigenvalue weighted by Gasteiger charge is -2.13. The van der Waals surface area contributed by atoms with Crippen LogP contribution in [0.4, 0.5) is 0 Å². The van der Waals surface area contributed by atoms with Crippen molar-refractivity contribution in [1.82, 2.24) is 14.9 Å². The Kier molecular flexibility index (Phi) is 5.32. The molecule has 0 spiro atoms. The summed E-state index contributed by atoms with van der Waals surface area (Å²) in [4.78, 5) is 0. The summed E-state index contributed by atoms with van der Waals surface area (Å²) in [6.07, 6.45) is 1.60. The van der Waals surface area contributed by atoms with Crippen molar-refractivity contribution in [2.45, 2.75) is 20.1 Å². The molecule has 2 N–H and O–H groups in total. The molecule has 2 aromatic carbocycles. The molecular formula is C17H17BrN4OS. The second kappa shape index (κ2) is 7.63. The third kappa shape index (κ3) is 4.24. The summed E-state index contributed by atoms with van der Waals surface area (Å²) in [6, 6.07) is 14.3. The van der Waals surface area contributed by atoms with Gasteiger partial charge in [0, 0.05) is 10.0 Å². The molecule has 0 amide bonds. The maximum Gasteiger partial charge on any atom is 0.214 e. The van der Waals surface area contributed by atoms with Crippen LogP contribution in [-0.2, 0) is 13.2 Å². The highest BCUT2D eigenvalue weighted by atomic mass is 79.9. The number of nitrogens with zero attached hydrogens (tertiary/aromatic N) is 2. The monoisotopic (exact) mass is 404 g/mol. The number of aromatic nitrogens is 3. The number of benzene rings is 2. The maximum absolute atomic E-state index is 6.00. The second-order valence-electron chi connectivity index (χ2n) is 5.39. The minimum Gasteiger partial charge on any atom is -0.489 e. The van der Waals surface area contributed by atoms with E-state index in [2.05, 4.69) is 62.7 Å². The number of hydrogen-bond acceptors (Lipinski definition) is 4. The average Bonchev–Trinajstić information content (AvgIpc) is 2.98. The average molecular weight is 405 g/mol. The molecule has 24 heavy (non-hydrogen) atoms. The largest absolute Gasteiger partial charge is 0.489 e. The van der Waals surface area contributed by atoms with Crippen molar-refractivity contribution in [3.8, 4) is 5.75 Å². The van der Waals surface area contributed by atoms with Crippen molar-refractivity contribution in [2.75, 3.05) is 5.43 Å². The van der Waals surface area contributed by atoms with Crippen LogP contribution >= 0.6 is 28.1 Å². The Balaban J connectivity index is 1.71. The molecule has 0 bridgehead atoms. The first kappa shape index (κ1) is 16.7. The van der Waals surface area contributed by atoms with Gasteiger partial charge >= 0.3 is 0 Å². The van der Waals surface area contributed by atoms with E-state index in [0.717, 1.165) is 21.3 Å². The van der Waals surface area contributed by atoms with Gasteiger partial charge in [-0.3, -0.25) is 5.10 Å². The van der Waals surface area contributed by atoms with Gasteiger partial charge < -0.3 is 10.2 Å². The maximum atomic E-state index is 6.00. The molecule has 7 heteroatoms. The number of rotatable bonds is 6. The topological polar surface area (TPSA) is 54.9 Å². The van der Waals surface area contributed by atoms with E-state index in [-0.39, 0.29) is 0 Å². The molecule has 0 aliphatic carbocycles. The number of H-pyrrole nitrogens is 1. The molecule has 0 saturated heterocycles. The fourth-order valence-electron chi connectivity index (χ4n) is 2.20. The summed E-state index contributed by atoms with van der Waals surface area (Å²) in [7, 11) is 0. The van der Waals surface area contributed by atoms with E-state index in [1.54, 1.807) is 11.0 Å². The van der Waals surface area contributed by atoms with Gasteiger partial charge in [-0.05, 0) is 42.9 Å². The van der Waals surface area contributed by atoms with Crippen molar-refractivity contribution in [2.24, 2.45) is 0 Å². The van der Waals surface area contributed by atoms with E-state index >= 15 is 0 Å². The van der Waals surface area contributed by atoms with Gasteiger partial charge in [0.2, 0.25) is 4.77 Å². The van der Waals surface area contributed by atoms with Crippen LogP contribution in [0, 0.1) is 11.7 Å². The van der Waals surface area contributed by atoms with Crippen molar-refractivity contribution in [3.63, 3.8) is 0 Å². The number of ether oxygens (including phenoxy) is 1. The lowest BCUT2D eigenvalue weighted by atomic mass is 10.1. The van der Waals surface area contributed by atoms with Crippen LogP contribution in [-0.4, -0.2) is 14.9 Å². The Morgan fingerprint density at radius 1 is 1.25 bits per heavy atom. The zero-order valence-electron chi connectivity index (χ0n) is 13.1. The van der Waals surface area contributed by atoms with Crippen LogP contribution in [0.3, 0.4) is 0 Å². The molecule has 0 radical (unpaired) electrons. The first-order valence-corrected chi connectivity index (χ1v) is 8.64. The molecule has 0 aliphatic rings. The van der Waals surface area contributed by atoms with Gasteiger partial charge in [-0.1, -0.05) is 45.8 Å². The highest BCUT2D eigenvalue weighted by Crippen LogP contribution is 2.24.